The predicted molar refractivity (Wildman–Crippen MR) is 66.5 cm³/mol. The van der Waals surface area contributed by atoms with Gasteiger partial charge < -0.3 is 16.6 Å². The molecule has 0 aromatic rings. The summed E-state index contributed by atoms with van der Waals surface area (Å²) in [5, 5.41) is 9.60. The molecule has 2 saturated heterocycles. The molecule has 17 heavy (non-hydrogen) atoms. The fourth-order valence-electron chi connectivity index (χ4n) is 3.71. The first-order valence-electron chi connectivity index (χ1n) is 6.79. The van der Waals surface area contributed by atoms with Gasteiger partial charge in [0.05, 0.1) is 6.10 Å². The first kappa shape index (κ1) is 11.9. The van der Waals surface area contributed by atoms with Crippen LogP contribution in [0.5, 0.6) is 0 Å². The summed E-state index contributed by atoms with van der Waals surface area (Å²) in [5.74, 6) is 0.728. The minimum atomic E-state index is -0.335. The van der Waals surface area contributed by atoms with Gasteiger partial charge in [-0.25, -0.2) is 0 Å². The maximum absolute atomic E-state index is 9.60. The molecule has 2 bridgehead atoms. The van der Waals surface area contributed by atoms with Crippen LogP contribution in [0.3, 0.4) is 0 Å². The third kappa shape index (κ3) is 2.22. The monoisotopic (exact) mass is 240 g/mol. The van der Waals surface area contributed by atoms with Crippen LogP contribution in [0, 0.1) is 5.92 Å². The molecule has 3 rings (SSSR count). The average molecular weight is 240 g/mol. The van der Waals surface area contributed by atoms with Crippen molar-refractivity contribution in [1.82, 2.24) is 9.80 Å². The lowest BCUT2D eigenvalue weighted by molar-refractivity contribution is 0.150. The van der Waals surface area contributed by atoms with E-state index >= 15 is 0 Å². The van der Waals surface area contributed by atoms with Gasteiger partial charge in [0, 0.05) is 50.8 Å². The van der Waals surface area contributed by atoms with Crippen LogP contribution >= 0.6 is 0 Å². The summed E-state index contributed by atoms with van der Waals surface area (Å²) < 4.78 is 0. The molecule has 1 unspecified atom stereocenters. The molecular weight excluding hydrogens is 216 g/mol. The first-order chi connectivity index (χ1) is 8.13. The summed E-state index contributed by atoms with van der Waals surface area (Å²) in [6, 6.07) is 1.10. The molecule has 0 aromatic carbocycles. The normalized spacial score (nSPS) is 47.1. The number of nitrogens with two attached hydrogens (primary N) is 2. The van der Waals surface area contributed by atoms with Crippen LogP contribution in [0.2, 0.25) is 0 Å². The molecule has 1 aliphatic carbocycles. The van der Waals surface area contributed by atoms with E-state index in [-0.39, 0.29) is 12.1 Å². The Morgan fingerprint density at radius 3 is 2.35 bits per heavy atom. The molecule has 2 heterocycles. The Morgan fingerprint density at radius 2 is 1.82 bits per heavy atom. The van der Waals surface area contributed by atoms with Crippen molar-refractivity contribution in [2.75, 3.05) is 32.7 Å². The van der Waals surface area contributed by atoms with Crippen molar-refractivity contribution in [2.45, 2.75) is 37.1 Å². The fraction of sp³-hybridized carbons (Fsp3) is 1.00. The predicted octanol–water partition coefficient (Wildman–Crippen LogP) is -1.59. The molecule has 0 spiro atoms. The summed E-state index contributed by atoms with van der Waals surface area (Å²) in [5.41, 5.74) is 11.9. The second kappa shape index (κ2) is 4.48. The van der Waals surface area contributed by atoms with Crippen molar-refractivity contribution in [3.63, 3.8) is 0 Å². The van der Waals surface area contributed by atoms with Gasteiger partial charge in [0.2, 0.25) is 0 Å². The largest absolute Gasteiger partial charge is 0.390 e. The van der Waals surface area contributed by atoms with E-state index < -0.39 is 0 Å². The molecule has 3 fully saturated rings. The molecule has 2 aliphatic heterocycles. The minimum Gasteiger partial charge on any atom is -0.390 e. The molecule has 5 atom stereocenters. The number of aliphatic hydroxyl groups excluding tert-OH is 1. The van der Waals surface area contributed by atoms with E-state index in [1.165, 1.54) is 19.4 Å². The summed E-state index contributed by atoms with van der Waals surface area (Å²) in [4.78, 5) is 4.85. The number of fused-ring (bicyclic) bond motifs is 2. The molecule has 5 N–H and O–H groups in total. The third-order valence-corrected chi connectivity index (χ3v) is 4.82. The molecule has 98 valence electrons. The molecule has 0 radical (unpaired) electrons. The van der Waals surface area contributed by atoms with Crippen LogP contribution in [-0.2, 0) is 0 Å². The van der Waals surface area contributed by atoms with Crippen LogP contribution in [0.25, 0.3) is 0 Å². The van der Waals surface area contributed by atoms with Crippen molar-refractivity contribution >= 4 is 0 Å². The van der Waals surface area contributed by atoms with E-state index in [0.717, 1.165) is 38.1 Å². The molecular formula is C12H24N4O. The van der Waals surface area contributed by atoms with E-state index in [1.807, 2.05) is 0 Å². The zero-order chi connectivity index (χ0) is 12.0. The van der Waals surface area contributed by atoms with Gasteiger partial charge >= 0.3 is 0 Å². The van der Waals surface area contributed by atoms with Crippen molar-refractivity contribution in [3.8, 4) is 0 Å². The number of rotatable bonds is 3. The van der Waals surface area contributed by atoms with Gasteiger partial charge in [-0.2, -0.15) is 0 Å². The Hall–Kier alpha value is -0.200. The standard InChI is InChI=1S/C12H24N4O/c13-10-4-9-3-8(10)5-16(9)2-1-15-6-11(14)12(17)7-15/h8-12,17H,1-7,13-14H2/t8-,9?,10+,11+,12+/m1/s1. The van der Waals surface area contributed by atoms with Crippen LogP contribution < -0.4 is 11.5 Å². The molecule has 5 heteroatoms. The molecule has 1 saturated carbocycles. The Labute approximate surface area is 103 Å². The number of hydrogen-bond acceptors (Lipinski definition) is 5. The lowest BCUT2D eigenvalue weighted by Crippen LogP contribution is -2.44. The summed E-state index contributed by atoms with van der Waals surface area (Å²) in [6.07, 6.45) is 2.13. The zero-order valence-electron chi connectivity index (χ0n) is 10.3. The quantitative estimate of drug-likeness (QED) is 0.554. The van der Waals surface area contributed by atoms with E-state index in [4.69, 9.17) is 11.5 Å². The SMILES string of the molecule is N[C@H]1CC2C[C@@H]1CN2CCN1C[C@H](N)[C@@H](O)C1. The second-order valence-electron chi connectivity index (χ2n) is 6.03. The van der Waals surface area contributed by atoms with E-state index in [9.17, 15) is 5.11 Å². The number of piperidine rings is 1. The van der Waals surface area contributed by atoms with Crippen LogP contribution in [0.4, 0.5) is 0 Å². The van der Waals surface area contributed by atoms with Gasteiger partial charge in [-0.05, 0) is 18.8 Å². The second-order valence-corrected chi connectivity index (χ2v) is 6.03. The highest BCUT2D eigenvalue weighted by Crippen LogP contribution is 2.36. The summed E-state index contributed by atoms with van der Waals surface area (Å²) in [7, 11) is 0. The van der Waals surface area contributed by atoms with Gasteiger partial charge in [-0.15, -0.1) is 0 Å². The molecule has 3 aliphatic rings. The van der Waals surface area contributed by atoms with E-state index in [1.54, 1.807) is 0 Å². The van der Waals surface area contributed by atoms with Gasteiger partial charge in [0.15, 0.2) is 0 Å². The number of aliphatic hydroxyl groups is 1. The van der Waals surface area contributed by atoms with Crippen molar-refractivity contribution in [1.29, 1.82) is 0 Å². The Balaban J connectivity index is 1.44. The summed E-state index contributed by atoms with van der Waals surface area (Å²) in [6.45, 7) is 4.88. The van der Waals surface area contributed by atoms with Gasteiger partial charge in [0.25, 0.3) is 0 Å². The van der Waals surface area contributed by atoms with Crippen molar-refractivity contribution < 1.29 is 5.11 Å². The zero-order valence-corrected chi connectivity index (χ0v) is 10.3. The highest BCUT2D eigenvalue weighted by molar-refractivity contribution is 4.99. The van der Waals surface area contributed by atoms with Crippen molar-refractivity contribution in [3.05, 3.63) is 0 Å². The third-order valence-electron chi connectivity index (χ3n) is 4.82. The topological polar surface area (TPSA) is 78.8 Å². The lowest BCUT2D eigenvalue weighted by Gasteiger charge is -2.31. The van der Waals surface area contributed by atoms with Crippen molar-refractivity contribution in [2.24, 2.45) is 17.4 Å². The first-order valence-corrected chi connectivity index (χ1v) is 6.79. The van der Waals surface area contributed by atoms with Crippen LogP contribution in [0.1, 0.15) is 12.8 Å². The Bertz CT molecular complexity index is 276. The highest BCUT2D eigenvalue weighted by atomic mass is 16.3. The summed E-state index contributed by atoms with van der Waals surface area (Å²) >= 11 is 0. The fourth-order valence-corrected chi connectivity index (χ4v) is 3.71. The van der Waals surface area contributed by atoms with E-state index in [0.29, 0.717) is 6.04 Å². The number of hydrogen-bond donors (Lipinski definition) is 3. The molecule has 0 amide bonds. The van der Waals surface area contributed by atoms with Crippen LogP contribution in [-0.4, -0.2) is 71.9 Å². The number of likely N-dealkylation sites (tertiary alicyclic amines) is 2. The van der Waals surface area contributed by atoms with Gasteiger partial charge in [-0.1, -0.05) is 0 Å². The molecule has 0 aromatic heterocycles. The Kier molecular flexibility index (Phi) is 3.13. The van der Waals surface area contributed by atoms with Gasteiger partial charge in [0.1, 0.15) is 0 Å². The Morgan fingerprint density at radius 1 is 1.00 bits per heavy atom. The smallest absolute Gasteiger partial charge is 0.0830 e. The van der Waals surface area contributed by atoms with Crippen LogP contribution in [0.15, 0.2) is 0 Å². The lowest BCUT2D eigenvalue weighted by atomic mass is 10.0. The van der Waals surface area contributed by atoms with Gasteiger partial charge in [-0.3, -0.25) is 9.80 Å². The highest BCUT2D eigenvalue weighted by Gasteiger charge is 2.42. The maximum Gasteiger partial charge on any atom is 0.0830 e. The molecule has 5 nitrogen and oxygen atoms in total. The minimum absolute atomic E-state index is 0.0570. The van der Waals surface area contributed by atoms with E-state index in [2.05, 4.69) is 9.80 Å². The number of β-amino-alcohol motifs (C(OH)–C–C–N with tert-alkyl or cyclic N) is 1. The average Bonchev–Trinajstić information content (AvgIpc) is 2.91. The number of nitrogens with zero attached hydrogens (tertiary/aromatic N) is 2. The maximum atomic E-state index is 9.60.